The maximum Gasteiger partial charge on any atom is 0.416 e. The molecule has 0 aliphatic carbocycles. The minimum absolute atomic E-state index is 0.00192. The molecule has 158 valence electrons. The van der Waals surface area contributed by atoms with Crippen LogP contribution in [0.5, 0.6) is 5.75 Å². The average molecular weight is 436 g/mol. The third-order valence-corrected chi connectivity index (χ3v) is 4.38. The normalized spacial score (nSPS) is 11.9. The number of hydrogen-bond donors (Lipinski definition) is 1. The molecule has 2 heterocycles. The molecule has 3 aromatic rings. The maximum absolute atomic E-state index is 12.6. The molecule has 0 bridgehead atoms. The number of pyridine rings is 1. The summed E-state index contributed by atoms with van der Waals surface area (Å²) in [6, 6.07) is 7.36. The molecule has 0 unspecified atom stereocenters. The Kier molecular flexibility index (Phi) is 6.06. The van der Waals surface area contributed by atoms with Gasteiger partial charge in [0, 0.05) is 29.4 Å². The number of anilines is 1. The molecule has 0 fully saturated rings. The molecule has 10 heteroatoms. The van der Waals surface area contributed by atoms with Crippen LogP contribution >= 0.6 is 11.5 Å². The number of aromatic nitrogens is 3. The van der Waals surface area contributed by atoms with Crippen molar-refractivity contribution >= 4 is 22.6 Å². The molecule has 1 amide bonds. The summed E-state index contributed by atoms with van der Waals surface area (Å²) < 4.78 is 47.8. The molecule has 0 aliphatic rings. The van der Waals surface area contributed by atoms with Crippen molar-refractivity contribution in [2.45, 2.75) is 26.9 Å². The van der Waals surface area contributed by atoms with Crippen LogP contribution in [0.2, 0.25) is 0 Å². The van der Waals surface area contributed by atoms with E-state index in [1.165, 1.54) is 0 Å². The molecule has 0 saturated carbocycles. The quantitative estimate of drug-likeness (QED) is 0.588. The number of nitrogens with one attached hydrogen (secondary N) is 1. The van der Waals surface area contributed by atoms with E-state index in [4.69, 9.17) is 4.74 Å². The molecule has 0 saturated heterocycles. The summed E-state index contributed by atoms with van der Waals surface area (Å²) in [5, 5.41) is 2.74. The van der Waals surface area contributed by atoms with E-state index < -0.39 is 17.6 Å². The van der Waals surface area contributed by atoms with Gasteiger partial charge in [-0.3, -0.25) is 15.1 Å². The number of nitrogens with zero attached hydrogens (tertiary/aromatic N) is 3. The van der Waals surface area contributed by atoms with E-state index in [-0.39, 0.29) is 16.1 Å². The van der Waals surface area contributed by atoms with Gasteiger partial charge in [-0.25, -0.2) is 0 Å². The van der Waals surface area contributed by atoms with Crippen molar-refractivity contribution in [3.63, 3.8) is 0 Å². The van der Waals surface area contributed by atoms with Crippen molar-refractivity contribution < 1.29 is 22.7 Å². The molecule has 1 aromatic carbocycles. The van der Waals surface area contributed by atoms with Gasteiger partial charge in [-0.05, 0) is 35.7 Å². The van der Waals surface area contributed by atoms with Crippen molar-refractivity contribution in [1.82, 2.24) is 14.3 Å². The van der Waals surface area contributed by atoms with E-state index in [9.17, 15) is 18.0 Å². The molecule has 30 heavy (non-hydrogen) atoms. The first kappa shape index (κ1) is 21.7. The van der Waals surface area contributed by atoms with Crippen LogP contribution in [0.3, 0.4) is 0 Å². The first-order valence-electron chi connectivity index (χ1n) is 8.93. The minimum atomic E-state index is -4.46. The predicted molar refractivity (Wildman–Crippen MR) is 107 cm³/mol. The van der Waals surface area contributed by atoms with E-state index in [0.29, 0.717) is 23.9 Å². The van der Waals surface area contributed by atoms with Crippen LogP contribution < -0.4 is 10.1 Å². The molecular weight excluding hydrogens is 417 g/mol. The Morgan fingerprint density at radius 2 is 1.83 bits per heavy atom. The highest BCUT2D eigenvalue weighted by atomic mass is 32.1. The molecule has 6 nitrogen and oxygen atoms in total. The Balaban J connectivity index is 1.68. The number of carbonyl (C=O) groups excluding carboxylic acids is 1. The van der Waals surface area contributed by atoms with E-state index in [2.05, 4.69) is 40.4 Å². The SMILES string of the molecule is CC(C)(C)COc1ccnc(-c2nsc(NC(=O)c3ccc(C(F)(F)F)cc3)n2)c1. The van der Waals surface area contributed by atoms with Gasteiger partial charge >= 0.3 is 6.18 Å². The standard InChI is InChI=1S/C20H19F3N4O2S/c1-19(2,3)11-29-14-8-9-24-15(10-14)16-25-18(30-27-16)26-17(28)12-4-6-13(7-5-12)20(21,22)23/h4-10H,11H2,1-3H3,(H,25,26,27,28). The van der Waals surface area contributed by atoms with Gasteiger partial charge in [0.25, 0.3) is 5.91 Å². The monoisotopic (exact) mass is 436 g/mol. The number of alkyl halides is 3. The summed E-state index contributed by atoms with van der Waals surface area (Å²) in [6.45, 7) is 6.70. The molecule has 0 atom stereocenters. The van der Waals surface area contributed by atoms with Crippen molar-refractivity contribution in [2.75, 3.05) is 11.9 Å². The summed E-state index contributed by atoms with van der Waals surface area (Å²) in [5.74, 6) is 0.352. The summed E-state index contributed by atoms with van der Waals surface area (Å²) in [4.78, 5) is 20.7. The Morgan fingerprint density at radius 1 is 1.13 bits per heavy atom. The van der Waals surface area contributed by atoms with Crippen LogP contribution in [0.1, 0.15) is 36.7 Å². The van der Waals surface area contributed by atoms with Gasteiger partial charge in [-0.2, -0.15) is 22.5 Å². The van der Waals surface area contributed by atoms with Crippen LogP contribution in [0.4, 0.5) is 18.3 Å². The Hall–Kier alpha value is -3.01. The summed E-state index contributed by atoms with van der Waals surface area (Å²) in [7, 11) is 0. The van der Waals surface area contributed by atoms with E-state index in [0.717, 1.165) is 35.8 Å². The van der Waals surface area contributed by atoms with Crippen LogP contribution in [-0.4, -0.2) is 26.9 Å². The number of benzene rings is 1. The van der Waals surface area contributed by atoms with Gasteiger partial charge < -0.3 is 4.74 Å². The zero-order chi connectivity index (χ0) is 21.9. The third-order valence-electron chi connectivity index (χ3n) is 3.75. The number of ether oxygens (including phenoxy) is 1. The summed E-state index contributed by atoms with van der Waals surface area (Å²) >= 11 is 0.944. The van der Waals surface area contributed by atoms with Crippen LogP contribution in [0.25, 0.3) is 11.5 Å². The summed E-state index contributed by atoms with van der Waals surface area (Å²) in [5.41, 5.74) is -0.266. The van der Waals surface area contributed by atoms with Crippen molar-refractivity contribution in [3.05, 3.63) is 53.7 Å². The van der Waals surface area contributed by atoms with Gasteiger partial charge in [0.15, 0.2) is 5.82 Å². The van der Waals surface area contributed by atoms with Crippen LogP contribution in [0, 0.1) is 5.41 Å². The van der Waals surface area contributed by atoms with Crippen molar-refractivity contribution in [2.24, 2.45) is 5.41 Å². The number of amides is 1. The minimum Gasteiger partial charge on any atom is -0.493 e. The van der Waals surface area contributed by atoms with E-state index in [1.54, 1.807) is 18.3 Å². The number of halogens is 3. The zero-order valence-corrected chi connectivity index (χ0v) is 17.3. The molecule has 0 radical (unpaired) electrons. The second kappa shape index (κ2) is 8.39. The lowest BCUT2D eigenvalue weighted by molar-refractivity contribution is -0.137. The highest BCUT2D eigenvalue weighted by molar-refractivity contribution is 7.10. The van der Waals surface area contributed by atoms with Crippen molar-refractivity contribution in [1.29, 1.82) is 0 Å². The van der Waals surface area contributed by atoms with Crippen LogP contribution in [-0.2, 0) is 6.18 Å². The van der Waals surface area contributed by atoms with Gasteiger partial charge in [0.1, 0.15) is 11.4 Å². The van der Waals surface area contributed by atoms with E-state index in [1.807, 2.05) is 0 Å². The molecule has 0 spiro atoms. The topological polar surface area (TPSA) is 77.0 Å². The van der Waals surface area contributed by atoms with Crippen molar-refractivity contribution in [3.8, 4) is 17.3 Å². The highest BCUT2D eigenvalue weighted by Crippen LogP contribution is 2.29. The van der Waals surface area contributed by atoms with E-state index >= 15 is 0 Å². The number of carbonyl (C=O) groups is 1. The molecular formula is C20H19F3N4O2S. The maximum atomic E-state index is 12.6. The lowest BCUT2D eigenvalue weighted by atomic mass is 9.99. The number of hydrogen-bond acceptors (Lipinski definition) is 6. The smallest absolute Gasteiger partial charge is 0.416 e. The fourth-order valence-electron chi connectivity index (χ4n) is 2.28. The second-order valence-corrected chi connectivity index (χ2v) is 8.43. The number of rotatable bonds is 5. The molecule has 1 N–H and O–H groups in total. The third kappa shape index (κ3) is 5.76. The fraction of sp³-hybridized carbons (Fsp3) is 0.300. The predicted octanol–water partition coefficient (Wildman–Crippen LogP) is 5.30. The first-order valence-corrected chi connectivity index (χ1v) is 9.70. The molecule has 3 rings (SSSR count). The zero-order valence-electron chi connectivity index (χ0n) is 16.4. The lowest BCUT2D eigenvalue weighted by Gasteiger charge is -2.18. The summed E-state index contributed by atoms with van der Waals surface area (Å²) in [6.07, 6.45) is -2.88. The fourth-order valence-corrected chi connectivity index (χ4v) is 2.85. The first-order chi connectivity index (χ1) is 14.0. The Bertz CT molecular complexity index is 1030. The van der Waals surface area contributed by atoms with Gasteiger partial charge in [-0.15, -0.1) is 0 Å². The average Bonchev–Trinajstić information content (AvgIpc) is 3.14. The van der Waals surface area contributed by atoms with Gasteiger partial charge in [0.2, 0.25) is 5.13 Å². The largest absolute Gasteiger partial charge is 0.493 e. The van der Waals surface area contributed by atoms with Gasteiger partial charge in [-0.1, -0.05) is 20.8 Å². The Morgan fingerprint density at radius 3 is 2.47 bits per heavy atom. The van der Waals surface area contributed by atoms with Gasteiger partial charge in [0.05, 0.1) is 12.2 Å². The second-order valence-electron chi connectivity index (χ2n) is 7.68. The highest BCUT2D eigenvalue weighted by Gasteiger charge is 2.30. The van der Waals surface area contributed by atoms with Crippen LogP contribution in [0.15, 0.2) is 42.6 Å². The molecule has 2 aromatic heterocycles. The lowest BCUT2D eigenvalue weighted by Crippen LogP contribution is -2.16. The molecule has 0 aliphatic heterocycles. The Labute approximate surface area is 175 Å².